The number of halogens is 1. The Morgan fingerprint density at radius 3 is 2.74 bits per heavy atom. The van der Waals surface area contributed by atoms with Crippen molar-refractivity contribution in [1.82, 2.24) is 10.2 Å². The first kappa shape index (κ1) is 12.4. The van der Waals surface area contributed by atoms with E-state index < -0.39 is 5.82 Å². The van der Waals surface area contributed by atoms with E-state index in [2.05, 4.69) is 5.32 Å². The van der Waals surface area contributed by atoms with Gasteiger partial charge in [0, 0.05) is 6.04 Å². The topological polar surface area (TPSA) is 41.6 Å². The van der Waals surface area contributed by atoms with Gasteiger partial charge in [-0.25, -0.2) is 4.39 Å². The molecule has 1 aliphatic heterocycles. The Labute approximate surface area is 111 Å². The van der Waals surface area contributed by atoms with Gasteiger partial charge in [-0.3, -0.25) is 10.1 Å². The number of hydrogen-bond donors (Lipinski definition) is 1. The summed E-state index contributed by atoms with van der Waals surface area (Å²) in [4.78, 5) is 14.0. The van der Waals surface area contributed by atoms with Crippen LogP contribution in [-0.2, 0) is 4.79 Å². The Hall–Kier alpha value is -1.62. The number of ether oxygens (including phenoxy) is 1. The maximum atomic E-state index is 13.8. The maximum absolute atomic E-state index is 13.8. The lowest BCUT2D eigenvalue weighted by atomic mass is 10.1. The molecule has 2 atom stereocenters. The first-order valence-corrected chi connectivity index (χ1v) is 6.53. The van der Waals surface area contributed by atoms with Crippen LogP contribution >= 0.6 is 0 Å². The molecule has 1 saturated carbocycles. The van der Waals surface area contributed by atoms with Crippen LogP contribution in [0.4, 0.5) is 4.39 Å². The number of amides is 1. The van der Waals surface area contributed by atoms with Gasteiger partial charge in [-0.2, -0.15) is 0 Å². The van der Waals surface area contributed by atoms with E-state index in [1.807, 2.05) is 11.8 Å². The van der Waals surface area contributed by atoms with E-state index in [-0.39, 0.29) is 23.9 Å². The van der Waals surface area contributed by atoms with Crippen molar-refractivity contribution >= 4 is 5.91 Å². The zero-order valence-electron chi connectivity index (χ0n) is 11.0. The highest BCUT2D eigenvalue weighted by Crippen LogP contribution is 2.37. The fourth-order valence-corrected chi connectivity index (χ4v) is 2.59. The van der Waals surface area contributed by atoms with Gasteiger partial charge in [0.05, 0.1) is 13.2 Å². The van der Waals surface area contributed by atoms with Crippen molar-refractivity contribution in [3.05, 3.63) is 29.6 Å². The van der Waals surface area contributed by atoms with Gasteiger partial charge >= 0.3 is 0 Å². The van der Waals surface area contributed by atoms with E-state index in [0.29, 0.717) is 6.04 Å². The standard InChI is InChI=1S/C14H17FN2O2/c1-8-14(18)17(10-4-5-10)13(16-8)9-3-6-12(19-2)11(15)7-9/h3,6-8,10,13,16H,4-5H2,1-2H3. The van der Waals surface area contributed by atoms with Crippen LogP contribution in [0.3, 0.4) is 0 Å². The van der Waals surface area contributed by atoms with Crippen molar-refractivity contribution < 1.29 is 13.9 Å². The molecule has 1 saturated heterocycles. The monoisotopic (exact) mass is 264 g/mol. The molecule has 4 nitrogen and oxygen atoms in total. The number of methoxy groups -OCH3 is 1. The van der Waals surface area contributed by atoms with E-state index >= 15 is 0 Å². The molecule has 0 aromatic heterocycles. The van der Waals surface area contributed by atoms with Crippen molar-refractivity contribution in [1.29, 1.82) is 0 Å². The molecule has 102 valence electrons. The molecule has 0 radical (unpaired) electrons. The third-order valence-corrected chi connectivity index (χ3v) is 3.74. The smallest absolute Gasteiger partial charge is 0.241 e. The van der Waals surface area contributed by atoms with E-state index in [4.69, 9.17) is 4.74 Å². The number of nitrogens with zero attached hydrogens (tertiary/aromatic N) is 1. The Balaban J connectivity index is 1.92. The van der Waals surface area contributed by atoms with Crippen LogP contribution in [0.1, 0.15) is 31.5 Å². The SMILES string of the molecule is COc1ccc(C2NC(C)C(=O)N2C2CC2)cc1F. The average Bonchev–Trinajstić information content (AvgIpc) is 3.17. The number of rotatable bonds is 3. The van der Waals surface area contributed by atoms with E-state index in [1.165, 1.54) is 13.2 Å². The molecular formula is C14H17FN2O2. The van der Waals surface area contributed by atoms with Gasteiger partial charge in [-0.05, 0) is 37.5 Å². The van der Waals surface area contributed by atoms with Gasteiger partial charge in [0.2, 0.25) is 5.91 Å². The summed E-state index contributed by atoms with van der Waals surface area (Å²) in [6.45, 7) is 1.84. The zero-order valence-corrected chi connectivity index (χ0v) is 11.0. The first-order chi connectivity index (χ1) is 9.11. The van der Waals surface area contributed by atoms with Crippen molar-refractivity contribution in [3.8, 4) is 5.75 Å². The van der Waals surface area contributed by atoms with Crippen LogP contribution in [0.2, 0.25) is 0 Å². The molecule has 2 fully saturated rings. The highest BCUT2D eigenvalue weighted by molar-refractivity contribution is 5.84. The number of carbonyl (C=O) groups is 1. The number of benzene rings is 1. The molecule has 19 heavy (non-hydrogen) atoms. The number of carbonyl (C=O) groups excluding carboxylic acids is 1. The molecule has 5 heteroatoms. The minimum Gasteiger partial charge on any atom is -0.494 e. The van der Waals surface area contributed by atoms with Crippen molar-refractivity contribution in [2.24, 2.45) is 0 Å². The molecular weight excluding hydrogens is 247 g/mol. The third kappa shape index (κ3) is 2.08. The minimum absolute atomic E-state index is 0.101. The average molecular weight is 264 g/mol. The minimum atomic E-state index is -0.399. The van der Waals surface area contributed by atoms with Crippen LogP contribution < -0.4 is 10.1 Å². The zero-order chi connectivity index (χ0) is 13.6. The number of hydrogen-bond acceptors (Lipinski definition) is 3. The van der Waals surface area contributed by atoms with Gasteiger partial charge < -0.3 is 9.64 Å². The second-order valence-corrected chi connectivity index (χ2v) is 5.16. The molecule has 1 aliphatic carbocycles. The predicted molar refractivity (Wildman–Crippen MR) is 68.2 cm³/mol. The molecule has 1 heterocycles. The van der Waals surface area contributed by atoms with E-state index in [1.54, 1.807) is 12.1 Å². The molecule has 2 unspecified atom stereocenters. The first-order valence-electron chi connectivity index (χ1n) is 6.53. The molecule has 1 aromatic rings. The van der Waals surface area contributed by atoms with Crippen LogP contribution in [0.25, 0.3) is 0 Å². The molecule has 1 aromatic carbocycles. The van der Waals surface area contributed by atoms with Crippen molar-refractivity contribution in [2.75, 3.05) is 7.11 Å². The Morgan fingerprint density at radius 1 is 1.42 bits per heavy atom. The van der Waals surface area contributed by atoms with Gasteiger partial charge in [0.15, 0.2) is 11.6 Å². The number of nitrogens with one attached hydrogen (secondary N) is 1. The lowest BCUT2D eigenvalue weighted by molar-refractivity contribution is -0.130. The lowest BCUT2D eigenvalue weighted by Crippen LogP contribution is -2.32. The van der Waals surface area contributed by atoms with Gasteiger partial charge in [-0.15, -0.1) is 0 Å². The second kappa shape index (κ2) is 4.49. The summed E-state index contributed by atoms with van der Waals surface area (Å²) in [6, 6.07) is 4.94. The molecule has 0 bridgehead atoms. The van der Waals surface area contributed by atoms with E-state index in [9.17, 15) is 9.18 Å². The largest absolute Gasteiger partial charge is 0.494 e. The van der Waals surface area contributed by atoms with Crippen molar-refractivity contribution in [3.63, 3.8) is 0 Å². The van der Waals surface area contributed by atoms with Crippen LogP contribution in [0, 0.1) is 5.82 Å². The van der Waals surface area contributed by atoms with Crippen molar-refractivity contribution in [2.45, 2.75) is 38.0 Å². The fraction of sp³-hybridized carbons (Fsp3) is 0.500. The predicted octanol–water partition coefficient (Wildman–Crippen LogP) is 1.82. The summed E-state index contributed by atoms with van der Waals surface area (Å²) in [5.74, 6) is -0.0765. The molecule has 1 N–H and O–H groups in total. The Morgan fingerprint density at radius 2 is 2.16 bits per heavy atom. The fourth-order valence-electron chi connectivity index (χ4n) is 2.59. The van der Waals surface area contributed by atoms with Gasteiger partial charge in [0.1, 0.15) is 6.17 Å². The third-order valence-electron chi connectivity index (χ3n) is 3.74. The van der Waals surface area contributed by atoms with Gasteiger partial charge in [0.25, 0.3) is 0 Å². The normalized spacial score (nSPS) is 26.9. The van der Waals surface area contributed by atoms with E-state index in [0.717, 1.165) is 18.4 Å². The molecule has 1 amide bonds. The molecule has 3 rings (SSSR count). The lowest BCUT2D eigenvalue weighted by Gasteiger charge is -2.24. The highest BCUT2D eigenvalue weighted by Gasteiger charge is 2.45. The Kier molecular flexibility index (Phi) is 2.93. The molecule has 0 spiro atoms. The summed E-state index contributed by atoms with van der Waals surface area (Å²) in [5.41, 5.74) is 0.767. The Bertz CT molecular complexity index is 516. The van der Waals surface area contributed by atoms with Crippen LogP contribution in [-0.4, -0.2) is 30.0 Å². The van der Waals surface area contributed by atoms with Crippen LogP contribution in [0.5, 0.6) is 5.75 Å². The molecule has 2 aliphatic rings. The quantitative estimate of drug-likeness (QED) is 0.905. The summed E-state index contributed by atoms with van der Waals surface area (Å²) < 4.78 is 18.7. The summed E-state index contributed by atoms with van der Waals surface area (Å²) in [6.07, 6.45) is 1.85. The summed E-state index contributed by atoms with van der Waals surface area (Å²) in [7, 11) is 1.44. The van der Waals surface area contributed by atoms with Crippen LogP contribution in [0.15, 0.2) is 18.2 Å². The summed E-state index contributed by atoms with van der Waals surface area (Å²) >= 11 is 0. The summed E-state index contributed by atoms with van der Waals surface area (Å²) in [5, 5.41) is 3.22. The maximum Gasteiger partial charge on any atom is 0.241 e. The van der Waals surface area contributed by atoms with Gasteiger partial charge in [-0.1, -0.05) is 6.07 Å². The second-order valence-electron chi connectivity index (χ2n) is 5.16. The highest BCUT2D eigenvalue weighted by atomic mass is 19.1.